The summed E-state index contributed by atoms with van der Waals surface area (Å²) < 4.78 is 27.3. The number of rotatable bonds is 3. The van der Waals surface area contributed by atoms with Gasteiger partial charge in [0.15, 0.2) is 0 Å². The summed E-state index contributed by atoms with van der Waals surface area (Å²) >= 11 is 0. The van der Waals surface area contributed by atoms with Gasteiger partial charge in [0.2, 0.25) is 15.9 Å². The van der Waals surface area contributed by atoms with Crippen LogP contribution in [-0.4, -0.2) is 51.6 Å². The molecule has 2 aromatic rings. The quantitative estimate of drug-likeness (QED) is 0.739. The molecule has 10 nitrogen and oxygen atoms in total. The Kier molecular flexibility index (Phi) is 4.91. The van der Waals surface area contributed by atoms with Crippen molar-refractivity contribution in [1.82, 2.24) is 18.4 Å². The zero-order valence-electron chi connectivity index (χ0n) is 15.3. The van der Waals surface area contributed by atoms with E-state index < -0.39 is 33.2 Å². The highest BCUT2D eigenvalue weighted by Gasteiger charge is 2.34. The monoisotopic (exact) mass is 395 g/mol. The van der Waals surface area contributed by atoms with Crippen LogP contribution >= 0.6 is 0 Å². The average Bonchev–Trinajstić information content (AvgIpc) is 2.64. The van der Waals surface area contributed by atoms with Crippen molar-refractivity contribution in [2.75, 3.05) is 18.1 Å². The Labute approximate surface area is 155 Å². The second-order valence-corrected chi connectivity index (χ2v) is 8.61. The number of piperidine rings is 1. The number of sulfonamides is 1. The number of carbonyl (C=O) groups excluding carboxylic acids is 1. The third-order valence-corrected chi connectivity index (χ3v) is 6.03. The Morgan fingerprint density at radius 1 is 1.22 bits per heavy atom. The van der Waals surface area contributed by atoms with Gasteiger partial charge in [0, 0.05) is 20.6 Å². The predicted octanol–water partition coefficient (Wildman–Crippen LogP) is -0.615. The molecule has 1 aliphatic rings. The molecule has 1 N–H and O–H groups in total. The molecule has 3 rings (SSSR count). The molecular weight excluding hydrogens is 374 g/mol. The van der Waals surface area contributed by atoms with Crippen LogP contribution in [0.5, 0.6) is 0 Å². The van der Waals surface area contributed by atoms with Crippen LogP contribution in [0.25, 0.3) is 11.0 Å². The van der Waals surface area contributed by atoms with Gasteiger partial charge < -0.3 is 5.32 Å². The highest BCUT2D eigenvalue weighted by molar-refractivity contribution is 7.88. The van der Waals surface area contributed by atoms with E-state index in [0.29, 0.717) is 19.4 Å². The summed E-state index contributed by atoms with van der Waals surface area (Å²) in [6.07, 6.45) is 4.31. The topological polar surface area (TPSA) is 123 Å². The van der Waals surface area contributed by atoms with E-state index in [1.165, 1.54) is 35.2 Å². The van der Waals surface area contributed by atoms with Crippen molar-refractivity contribution in [2.24, 2.45) is 14.1 Å². The number of aromatic nitrogens is 3. The van der Waals surface area contributed by atoms with Gasteiger partial charge in [-0.15, -0.1) is 0 Å². The van der Waals surface area contributed by atoms with Crippen LogP contribution < -0.4 is 16.6 Å². The molecule has 2 aromatic heterocycles. The van der Waals surface area contributed by atoms with E-state index in [4.69, 9.17) is 0 Å². The number of nitrogens with one attached hydrogen (secondary N) is 1. The van der Waals surface area contributed by atoms with Crippen LogP contribution in [-0.2, 0) is 28.9 Å². The maximum absolute atomic E-state index is 12.7. The van der Waals surface area contributed by atoms with Gasteiger partial charge in [0.25, 0.3) is 5.56 Å². The van der Waals surface area contributed by atoms with Gasteiger partial charge >= 0.3 is 5.69 Å². The van der Waals surface area contributed by atoms with Crippen molar-refractivity contribution in [3.63, 3.8) is 0 Å². The molecule has 3 heterocycles. The molecule has 1 atom stereocenters. The first kappa shape index (κ1) is 19.2. The molecule has 1 unspecified atom stereocenters. The van der Waals surface area contributed by atoms with Crippen molar-refractivity contribution < 1.29 is 13.2 Å². The normalized spacial score (nSPS) is 18.6. The SMILES string of the molecule is Cn1c(=O)c2cc(NC(=O)C3CCCCN3S(C)(=O)=O)cnc2n(C)c1=O. The van der Waals surface area contributed by atoms with Crippen molar-refractivity contribution >= 4 is 32.7 Å². The number of amides is 1. The highest BCUT2D eigenvalue weighted by Crippen LogP contribution is 2.21. The summed E-state index contributed by atoms with van der Waals surface area (Å²) in [7, 11) is -0.640. The summed E-state index contributed by atoms with van der Waals surface area (Å²) in [6, 6.07) is 0.641. The Bertz CT molecular complexity index is 1130. The summed E-state index contributed by atoms with van der Waals surface area (Å²) in [5.41, 5.74) is -0.547. The van der Waals surface area contributed by atoms with Gasteiger partial charge in [0.1, 0.15) is 11.7 Å². The Balaban J connectivity index is 1.96. The van der Waals surface area contributed by atoms with Gasteiger partial charge in [-0.2, -0.15) is 4.31 Å². The van der Waals surface area contributed by atoms with Crippen LogP contribution in [0.4, 0.5) is 5.69 Å². The minimum atomic E-state index is -3.50. The fourth-order valence-corrected chi connectivity index (χ4v) is 4.45. The number of fused-ring (bicyclic) bond motifs is 1. The van der Waals surface area contributed by atoms with Crippen LogP contribution in [0.1, 0.15) is 19.3 Å². The molecule has 11 heteroatoms. The maximum atomic E-state index is 12.7. The number of hydrogen-bond acceptors (Lipinski definition) is 6. The molecule has 1 amide bonds. The molecule has 0 aromatic carbocycles. The van der Waals surface area contributed by atoms with E-state index in [1.807, 2.05) is 0 Å². The first-order valence-electron chi connectivity index (χ1n) is 8.44. The van der Waals surface area contributed by atoms with E-state index >= 15 is 0 Å². The first-order chi connectivity index (χ1) is 12.6. The van der Waals surface area contributed by atoms with Gasteiger partial charge in [0.05, 0.1) is 23.5 Å². The van der Waals surface area contributed by atoms with Crippen molar-refractivity contribution in [3.8, 4) is 0 Å². The van der Waals surface area contributed by atoms with Crippen molar-refractivity contribution in [1.29, 1.82) is 0 Å². The van der Waals surface area contributed by atoms with Crippen molar-refractivity contribution in [2.45, 2.75) is 25.3 Å². The van der Waals surface area contributed by atoms with Gasteiger partial charge in [-0.25, -0.2) is 18.2 Å². The maximum Gasteiger partial charge on any atom is 0.332 e. The fourth-order valence-electron chi connectivity index (χ4n) is 3.32. The Hall–Kier alpha value is -2.53. The molecule has 0 spiro atoms. The molecule has 1 saturated heterocycles. The van der Waals surface area contributed by atoms with E-state index in [0.717, 1.165) is 17.2 Å². The number of pyridine rings is 1. The van der Waals surface area contributed by atoms with Crippen LogP contribution in [0.2, 0.25) is 0 Å². The summed E-state index contributed by atoms with van der Waals surface area (Å²) in [5.74, 6) is -0.470. The smallest absolute Gasteiger partial charge is 0.323 e. The van der Waals surface area contributed by atoms with E-state index in [-0.39, 0.29) is 16.7 Å². The predicted molar refractivity (Wildman–Crippen MR) is 100 cm³/mol. The summed E-state index contributed by atoms with van der Waals surface area (Å²) in [5, 5.41) is 2.83. The lowest BCUT2D eigenvalue weighted by Crippen LogP contribution is -2.49. The molecule has 0 radical (unpaired) electrons. The molecule has 146 valence electrons. The Morgan fingerprint density at radius 2 is 1.93 bits per heavy atom. The minimum absolute atomic E-state index is 0.181. The zero-order chi connectivity index (χ0) is 19.9. The van der Waals surface area contributed by atoms with Crippen molar-refractivity contribution in [3.05, 3.63) is 33.1 Å². The van der Waals surface area contributed by atoms with Gasteiger partial charge in [-0.1, -0.05) is 6.42 Å². The summed E-state index contributed by atoms with van der Waals surface area (Å²) in [6.45, 7) is 0.301. The van der Waals surface area contributed by atoms with Gasteiger partial charge in [-0.05, 0) is 18.9 Å². The molecule has 0 bridgehead atoms. The van der Waals surface area contributed by atoms with Crippen LogP contribution in [0.3, 0.4) is 0 Å². The van der Waals surface area contributed by atoms with Crippen LogP contribution in [0, 0.1) is 0 Å². The number of nitrogens with zero attached hydrogens (tertiary/aromatic N) is 4. The second-order valence-electron chi connectivity index (χ2n) is 6.68. The van der Waals surface area contributed by atoms with Gasteiger partial charge in [-0.3, -0.25) is 18.7 Å². The molecule has 1 aliphatic heterocycles. The highest BCUT2D eigenvalue weighted by atomic mass is 32.2. The third kappa shape index (κ3) is 3.52. The van der Waals surface area contributed by atoms with E-state index in [1.54, 1.807) is 0 Å². The zero-order valence-corrected chi connectivity index (χ0v) is 16.1. The Morgan fingerprint density at radius 3 is 2.59 bits per heavy atom. The summed E-state index contributed by atoms with van der Waals surface area (Å²) in [4.78, 5) is 41.1. The van der Waals surface area contributed by atoms with E-state index in [9.17, 15) is 22.8 Å². The second kappa shape index (κ2) is 6.89. The lowest BCUT2D eigenvalue weighted by molar-refractivity contribution is -0.120. The number of aryl methyl sites for hydroxylation is 1. The first-order valence-corrected chi connectivity index (χ1v) is 10.3. The van der Waals surface area contributed by atoms with E-state index in [2.05, 4.69) is 10.3 Å². The number of carbonyl (C=O) groups is 1. The molecule has 0 saturated carbocycles. The molecule has 0 aliphatic carbocycles. The largest absolute Gasteiger partial charge is 0.332 e. The fraction of sp³-hybridized carbons (Fsp3) is 0.500. The van der Waals surface area contributed by atoms with Crippen LogP contribution in [0.15, 0.2) is 21.9 Å². The third-order valence-electron chi connectivity index (χ3n) is 4.74. The molecular formula is C16H21N5O5S. The lowest BCUT2D eigenvalue weighted by atomic mass is 10.0. The number of hydrogen-bond donors (Lipinski definition) is 1. The molecule has 27 heavy (non-hydrogen) atoms. The lowest BCUT2D eigenvalue weighted by Gasteiger charge is -2.32. The number of anilines is 1. The molecule has 1 fully saturated rings. The minimum Gasteiger partial charge on any atom is -0.323 e. The standard InChI is InChI=1S/C16H21N5O5S/c1-19-13-11(15(23)20(2)16(19)24)8-10(9-17-13)18-14(22)12-6-4-5-7-21(12)27(3,25)26/h8-9,12H,4-7H2,1-3H3,(H,18,22). The average molecular weight is 395 g/mol.